The fourth-order valence-corrected chi connectivity index (χ4v) is 1.98. The van der Waals surface area contributed by atoms with Gasteiger partial charge in [0.2, 0.25) is 0 Å². The van der Waals surface area contributed by atoms with Gasteiger partial charge in [-0.2, -0.15) is 0 Å². The van der Waals surface area contributed by atoms with Gasteiger partial charge in [-0.25, -0.2) is 0 Å². The third-order valence-corrected chi connectivity index (χ3v) is 2.88. The van der Waals surface area contributed by atoms with Crippen LogP contribution < -0.4 is 0 Å². The quantitative estimate of drug-likeness (QED) is 0.598. The molecule has 1 aromatic heterocycles. The lowest BCUT2D eigenvalue weighted by atomic mass is 10.1. The van der Waals surface area contributed by atoms with Crippen molar-refractivity contribution in [3.05, 3.63) is 52.6 Å². The predicted octanol–water partition coefficient (Wildman–Crippen LogP) is 3.64. The van der Waals surface area contributed by atoms with Crippen LogP contribution in [0.4, 0.5) is 0 Å². The molecule has 0 fully saturated rings. The van der Waals surface area contributed by atoms with Crippen molar-refractivity contribution in [2.75, 3.05) is 0 Å². The molecule has 16 heavy (non-hydrogen) atoms. The van der Waals surface area contributed by atoms with Crippen molar-refractivity contribution in [3.8, 4) is 0 Å². The molecule has 1 aromatic carbocycles. The number of benzene rings is 1. The van der Waals surface area contributed by atoms with E-state index < -0.39 is 0 Å². The Bertz CT molecular complexity index is 470. The molecule has 0 aliphatic heterocycles. The van der Waals surface area contributed by atoms with Crippen molar-refractivity contribution >= 4 is 12.2 Å². The maximum Gasteiger partial charge on any atom is 0.174 e. The van der Waals surface area contributed by atoms with Crippen LogP contribution in [0, 0.1) is 4.77 Å². The average molecular weight is 232 g/mol. The smallest absolute Gasteiger partial charge is 0.174 e. The summed E-state index contributed by atoms with van der Waals surface area (Å²) < 4.78 is 0.720. The van der Waals surface area contributed by atoms with Crippen LogP contribution in [0.15, 0.2) is 36.5 Å². The van der Waals surface area contributed by atoms with Crippen LogP contribution in [-0.2, 0) is 12.8 Å². The summed E-state index contributed by atoms with van der Waals surface area (Å²) in [5.41, 5.74) is 2.63. The lowest BCUT2D eigenvalue weighted by Gasteiger charge is -2.00. The van der Waals surface area contributed by atoms with Gasteiger partial charge in [0.1, 0.15) is 0 Å². The van der Waals surface area contributed by atoms with E-state index in [-0.39, 0.29) is 0 Å². The van der Waals surface area contributed by atoms with Crippen molar-refractivity contribution in [1.82, 2.24) is 9.97 Å². The van der Waals surface area contributed by atoms with Crippen LogP contribution in [0.25, 0.3) is 0 Å². The number of nitrogens with one attached hydrogen (secondary N) is 2. The molecular weight excluding hydrogens is 216 g/mol. The van der Waals surface area contributed by atoms with Crippen LogP contribution in [0.5, 0.6) is 0 Å². The highest BCUT2D eigenvalue weighted by Gasteiger charge is 1.96. The summed E-state index contributed by atoms with van der Waals surface area (Å²) >= 11 is 4.98. The summed E-state index contributed by atoms with van der Waals surface area (Å²) in [7, 11) is 0. The zero-order chi connectivity index (χ0) is 11.2. The van der Waals surface area contributed by atoms with E-state index in [1.165, 1.54) is 24.1 Å². The molecular formula is C13H16N2S. The molecule has 84 valence electrons. The second-order valence-corrected chi connectivity index (χ2v) is 4.37. The van der Waals surface area contributed by atoms with E-state index in [2.05, 4.69) is 40.3 Å². The highest BCUT2D eigenvalue weighted by Crippen LogP contribution is 2.07. The minimum atomic E-state index is 0.720. The van der Waals surface area contributed by atoms with Gasteiger partial charge in [0.05, 0.1) is 0 Å². The van der Waals surface area contributed by atoms with Crippen LogP contribution >= 0.6 is 12.2 Å². The van der Waals surface area contributed by atoms with Crippen molar-refractivity contribution in [2.24, 2.45) is 0 Å². The fourth-order valence-electron chi connectivity index (χ4n) is 1.79. The van der Waals surface area contributed by atoms with Gasteiger partial charge in [-0.05, 0) is 43.5 Å². The number of aryl methyl sites for hydroxylation is 2. The molecule has 0 bridgehead atoms. The van der Waals surface area contributed by atoms with E-state index in [0.717, 1.165) is 17.6 Å². The molecule has 2 aromatic rings. The normalized spacial score (nSPS) is 10.5. The van der Waals surface area contributed by atoms with Gasteiger partial charge in [0.25, 0.3) is 0 Å². The summed E-state index contributed by atoms with van der Waals surface area (Å²) in [6, 6.07) is 10.6. The Kier molecular flexibility index (Phi) is 3.94. The number of hydrogen-bond donors (Lipinski definition) is 2. The molecule has 3 heteroatoms. The standard InChI is InChI=1S/C13H16N2S/c16-13-14-10-12(15-13)9-5-4-8-11-6-2-1-3-7-11/h1-3,6-7,10H,4-5,8-9H2,(H2,14,15,16). The van der Waals surface area contributed by atoms with Crippen LogP contribution in [-0.4, -0.2) is 9.97 Å². The minimum Gasteiger partial charge on any atom is -0.337 e. The number of hydrogen-bond acceptors (Lipinski definition) is 1. The Morgan fingerprint density at radius 1 is 1.00 bits per heavy atom. The molecule has 0 amide bonds. The molecule has 0 spiro atoms. The van der Waals surface area contributed by atoms with Gasteiger partial charge >= 0.3 is 0 Å². The van der Waals surface area contributed by atoms with Crippen molar-refractivity contribution < 1.29 is 0 Å². The Morgan fingerprint density at radius 3 is 2.44 bits per heavy atom. The third kappa shape index (κ3) is 3.35. The number of unbranched alkanes of at least 4 members (excludes halogenated alkanes) is 1. The predicted molar refractivity (Wildman–Crippen MR) is 69.1 cm³/mol. The topological polar surface area (TPSA) is 31.6 Å². The molecule has 2 N–H and O–H groups in total. The average Bonchev–Trinajstić information content (AvgIpc) is 2.72. The summed E-state index contributed by atoms with van der Waals surface area (Å²) in [4.78, 5) is 6.12. The zero-order valence-electron chi connectivity index (χ0n) is 9.20. The molecule has 0 saturated heterocycles. The largest absolute Gasteiger partial charge is 0.337 e. The first-order valence-electron chi connectivity index (χ1n) is 5.65. The van der Waals surface area contributed by atoms with E-state index in [4.69, 9.17) is 12.2 Å². The van der Waals surface area contributed by atoms with Crippen LogP contribution in [0.2, 0.25) is 0 Å². The van der Waals surface area contributed by atoms with Gasteiger partial charge in [-0.3, -0.25) is 0 Å². The lowest BCUT2D eigenvalue weighted by molar-refractivity contribution is 0.725. The van der Waals surface area contributed by atoms with Crippen LogP contribution in [0.1, 0.15) is 24.1 Å². The first-order valence-corrected chi connectivity index (χ1v) is 6.06. The Balaban J connectivity index is 1.71. The first kappa shape index (κ1) is 11.1. The number of aromatic amines is 2. The maximum atomic E-state index is 4.98. The number of aromatic nitrogens is 2. The summed E-state index contributed by atoms with van der Waals surface area (Å²) in [5.74, 6) is 0. The number of H-pyrrole nitrogens is 2. The van der Waals surface area contributed by atoms with Crippen LogP contribution in [0.3, 0.4) is 0 Å². The van der Waals surface area contributed by atoms with Gasteiger partial charge in [0, 0.05) is 11.9 Å². The molecule has 0 radical (unpaired) electrons. The summed E-state index contributed by atoms with van der Waals surface area (Å²) in [6.07, 6.45) is 6.60. The molecule has 0 aliphatic rings. The van der Waals surface area contributed by atoms with E-state index >= 15 is 0 Å². The summed E-state index contributed by atoms with van der Waals surface area (Å²) in [5, 5.41) is 0. The Hall–Kier alpha value is -1.35. The van der Waals surface area contributed by atoms with E-state index in [9.17, 15) is 0 Å². The molecule has 0 aliphatic carbocycles. The Labute approximate surface area is 101 Å². The van der Waals surface area contributed by atoms with Gasteiger partial charge in [-0.15, -0.1) is 0 Å². The molecule has 2 rings (SSSR count). The fraction of sp³-hybridized carbons (Fsp3) is 0.308. The second-order valence-electron chi connectivity index (χ2n) is 3.96. The highest BCUT2D eigenvalue weighted by atomic mass is 32.1. The molecule has 0 atom stereocenters. The van der Waals surface area contributed by atoms with E-state index in [1.54, 1.807) is 0 Å². The first-order chi connectivity index (χ1) is 7.84. The van der Waals surface area contributed by atoms with Gasteiger partial charge in [0.15, 0.2) is 4.77 Å². The Morgan fingerprint density at radius 2 is 1.75 bits per heavy atom. The second kappa shape index (κ2) is 5.66. The molecule has 0 unspecified atom stereocenters. The number of imidazole rings is 1. The lowest BCUT2D eigenvalue weighted by Crippen LogP contribution is -1.89. The van der Waals surface area contributed by atoms with Gasteiger partial charge in [-0.1, -0.05) is 30.3 Å². The molecule has 0 saturated carbocycles. The third-order valence-electron chi connectivity index (χ3n) is 2.66. The zero-order valence-corrected chi connectivity index (χ0v) is 10.0. The van der Waals surface area contributed by atoms with E-state index in [0.29, 0.717) is 0 Å². The maximum absolute atomic E-state index is 4.98. The molecule has 1 heterocycles. The minimum absolute atomic E-state index is 0.720. The monoisotopic (exact) mass is 232 g/mol. The number of rotatable bonds is 5. The summed E-state index contributed by atoms with van der Waals surface area (Å²) in [6.45, 7) is 0. The van der Waals surface area contributed by atoms with Gasteiger partial charge < -0.3 is 9.97 Å². The molecule has 2 nitrogen and oxygen atoms in total. The highest BCUT2D eigenvalue weighted by molar-refractivity contribution is 7.71. The van der Waals surface area contributed by atoms with Crippen molar-refractivity contribution in [1.29, 1.82) is 0 Å². The van der Waals surface area contributed by atoms with Crippen molar-refractivity contribution in [3.63, 3.8) is 0 Å². The SMILES string of the molecule is S=c1[nH]cc(CCCCc2ccccc2)[nH]1. The van der Waals surface area contributed by atoms with E-state index in [1.807, 2.05) is 6.20 Å². The van der Waals surface area contributed by atoms with Crippen molar-refractivity contribution in [2.45, 2.75) is 25.7 Å².